The lowest BCUT2D eigenvalue weighted by Crippen LogP contribution is -2.25. The van der Waals surface area contributed by atoms with E-state index in [4.69, 9.17) is 16.3 Å². The molecule has 0 heterocycles. The van der Waals surface area contributed by atoms with E-state index in [0.29, 0.717) is 6.61 Å². The maximum atomic E-state index is 12.7. The van der Waals surface area contributed by atoms with Gasteiger partial charge in [-0.1, -0.05) is 54.1 Å². The van der Waals surface area contributed by atoms with Crippen molar-refractivity contribution in [1.29, 1.82) is 0 Å². The predicted molar refractivity (Wildman–Crippen MR) is 121 cm³/mol. The van der Waals surface area contributed by atoms with Crippen LogP contribution in [0.5, 0.6) is 5.75 Å². The highest BCUT2D eigenvalue weighted by Gasteiger charge is 2.20. The van der Waals surface area contributed by atoms with Crippen LogP contribution in [0.2, 0.25) is 5.02 Å². The summed E-state index contributed by atoms with van der Waals surface area (Å²) in [6, 6.07) is 21.3. The molecule has 6 nitrogen and oxygen atoms in total. The Kier molecular flexibility index (Phi) is 7.33. The first-order valence-electron chi connectivity index (χ1n) is 9.53. The number of sulfonamides is 1. The van der Waals surface area contributed by atoms with Crippen LogP contribution in [0.4, 0.5) is 0 Å². The summed E-state index contributed by atoms with van der Waals surface area (Å²) in [6.07, 6.45) is 0. The quantitative estimate of drug-likeness (QED) is 0.551. The third-order valence-electron chi connectivity index (χ3n) is 4.55. The number of rotatable bonds is 8. The molecule has 31 heavy (non-hydrogen) atoms. The molecule has 0 aliphatic rings. The van der Waals surface area contributed by atoms with Gasteiger partial charge in [-0.15, -0.1) is 0 Å². The minimum Gasteiger partial charge on any atom is -0.489 e. The molecule has 8 heteroatoms. The van der Waals surface area contributed by atoms with Gasteiger partial charge in [-0.2, -0.15) is 0 Å². The Morgan fingerprint density at radius 3 is 2.39 bits per heavy atom. The van der Waals surface area contributed by atoms with Crippen molar-refractivity contribution in [3.8, 4) is 5.75 Å². The number of hydrogen-bond donors (Lipinski definition) is 1. The van der Waals surface area contributed by atoms with Gasteiger partial charge in [0.1, 0.15) is 12.4 Å². The number of halogens is 1. The first-order valence-corrected chi connectivity index (χ1v) is 11.3. The molecule has 0 aromatic heterocycles. The van der Waals surface area contributed by atoms with Crippen LogP contribution in [0.25, 0.3) is 0 Å². The van der Waals surface area contributed by atoms with Gasteiger partial charge in [-0.3, -0.25) is 4.79 Å². The maximum Gasteiger partial charge on any atom is 0.253 e. The van der Waals surface area contributed by atoms with Crippen LogP contribution in [0.3, 0.4) is 0 Å². The fourth-order valence-corrected chi connectivity index (χ4v) is 3.97. The molecular weight excluding hydrogens is 436 g/mol. The number of carbonyl (C=O) groups is 1. The van der Waals surface area contributed by atoms with E-state index in [9.17, 15) is 13.2 Å². The first-order chi connectivity index (χ1) is 14.8. The van der Waals surface area contributed by atoms with E-state index in [1.165, 1.54) is 32.3 Å². The van der Waals surface area contributed by atoms with Gasteiger partial charge in [0.05, 0.1) is 15.5 Å². The average Bonchev–Trinajstić information content (AvgIpc) is 2.77. The molecule has 0 aliphatic carbocycles. The summed E-state index contributed by atoms with van der Waals surface area (Å²) >= 11 is 6.14. The maximum absolute atomic E-state index is 12.7. The molecule has 0 radical (unpaired) electrons. The second-order valence-electron chi connectivity index (χ2n) is 7.03. The second kappa shape index (κ2) is 9.96. The summed E-state index contributed by atoms with van der Waals surface area (Å²) in [5, 5.41) is 2.97. The van der Waals surface area contributed by atoms with Crippen molar-refractivity contribution >= 4 is 27.5 Å². The summed E-state index contributed by atoms with van der Waals surface area (Å²) in [7, 11) is -0.813. The lowest BCUT2D eigenvalue weighted by Gasteiger charge is -2.13. The van der Waals surface area contributed by atoms with Gasteiger partial charge in [0.15, 0.2) is 0 Å². The van der Waals surface area contributed by atoms with Crippen molar-refractivity contribution in [2.75, 3.05) is 14.1 Å². The van der Waals surface area contributed by atoms with Gasteiger partial charge in [0, 0.05) is 20.6 Å². The van der Waals surface area contributed by atoms with Gasteiger partial charge >= 0.3 is 0 Å². The lowest BCUT2D eigenvalue weighted by molar-refractivity contribution is 0.0951. The Hall–Kier alpha value is -2.87. The number of amides is 1. The topological polar surface area (TPSA) is 75.7 Å². The number of ether oxygens (including phenoxy) is 1. The molecule has 0 fully saturated rings. The number of carbonyl (C=O) groups excluding carboxylic acids is 1. The van der Waals surface area contributed by atoms with E-state index < -0.39 is 15.9 Å². The predicted octanol–water partition coefficient (Wildman–Crippen LogP) is 4.10. The Morgan fingerprint density at radius 1 is 0.968 bits per heavy atom. The molecule has 0 saturated heterocycles. The SMILES string of the molecule is CN(C)S(=O)(=O)c1ccc(Cl)c(C(=O)NCc2cccc(COc3ccccc3)c2)c1. The Labute approximate surface area is 187 Å². The zero-order chi connectivity index (χ0) is 22.4. The molecule has 0 bridgehead atoms. The van der Waals surface area contributed by atoms with Crippen LogP contribution in [0, 0.1) is 0 Å². The van der Waals surface area contributed by atoms with Crippen molar-refractivity contribution in [3.63, 3.8) is 0 Å². The molecular formula is C23H23ClN2O4S. The molecule has 0 atom stereocenters. The zero-order valence-corrected chi connectivity index (χ0v) is 18.8. The van der Waals surface area contributed by atoms with Gasteiger partial charge in [0.25, 0.3) is 5.91 Å². The highest BCUT2D eigenvalue weighted by molar-refractivity contribution is 7.89. The van der Waals surface area contributed by atoms with E-state index in [0.717, 1.165) is 21.2 Å². The number of nitrogens with zero attached hydrogens (tertiary/aromatic N) is 1. The summed E-state index contributed by atoms with van der Waals surface area (Å²) in [6.45, 7) is 0.668. The largest absolute Gasteiger partial charge is 0.489 e. The Morgan fingerprint density at radius 2 is 1.68 bits per heavy atom. The minimum atomic E-state index is -3.67. The summed E-state index contributed by atoms with van der Waals surface area (Å²) in [5.74, 6) is 0.329. The summed E-state index contributed by atoms with van der Waals surface area (Å²) < 4.78 is 31.5. The first kappa shape index (κ1) is 22.8. The highest BCUT2D eigenvalue weighted by Crippen LogP contribution is 2.22. The fraction of sp³-hybridized carbons (Fsp3) is 0.174. The summed E-state index contributed by atoms with van der Waals surface area (Å²) in [5.41, 5.74) is 1.96. The van der Waals surface area contributed by atoms with Gasteiger partial charge in [0.2, 0.25) is 10.0 Å². The summed E-state index contributed by atoms with van der Waals surface area (Å²) in [4.78, 5) is 12.7. The molecule has 3 aromatic carbocycles. The lowest BCUT2D eigenvalue weighted by atomic mass is 10.1. The fourth-order valence-electron chi connectivity index (χ4n) is 2.84. The minimum absolute atomic E-state index is 0.00658. The highest BCUT2D eigenvalue weighted by atomic mass is 35.5. The van der Waals surface area contributed by atoms with Crippen LogP contribution < -0.4 is 10.1 Å². The van der Waals surface area contributed by atoms with Crippen LogP contribution >= 0.6 is 11.6 Å². The number of hydrogen-bond acceptors (Lipinski definition) is 4. The molecule has 1 amide bonds. The van der Waals surface area contributed by atoms with E-state index in [1.807, 2.05) is 54.6 Å². The van der Waals surface area contributed by atoms with E-state index in [1.54, 1.807) is 0 Å². The molecule has 1 N–H and O–H groups in total. The molecule has 0 unspecified atom stereocenters. The Balaban J connectivity index is 1.67. The molecule has 162 valence electrons. The monoisotopic (exact) mass is 458 g/mol. The van der Waals surface area contributed by atoms with Gasteiger partial charge in [-0.05, 0) is 41.5 Å². The molecule has 0 spiro atoms. The van der Waals surface area contributed by atoms with E-state index in [2.05, 4.69) is 5.32 Å². The second-order valence-corrected chi connectivity index (χ2v) is 9.59. The van der Waals surface area contributed by atoms with E-state index in [-0.39, 0.29) is 22.0 Å². The van der Waals surface area contributed by atoms with Crippen molar-refractivity contribution < 1.29 is 17.9 Å². The van der Waals surface area contributed by atoms with Gasteiger partial charge in [-0.25, -0.2) is 12.7 Å². The van der Waals surface area contributed by atoms with Crippen LogP contribution in [-0.2, 0) is 23.2 Å². The van der Waals surface area contributed by atoms with E-state index >= 15 is 0 Å². The van der Waals surface area contributed by atoms with Crippen LogP contribution in [-0.4, -0.2) is 32.7 Å². The normalized spacial score (nSPS) is 11.4. The Bertz CT molecular complexity index is 1170. The standard InChI is InChI=1S/C23H23ClN2O4S/c1-26(2)31(28,29)20-11-12-22(24)21(14-20)23(27)25-15-17-7-6-8-18(13-17)16-30-19-9-4-3-5-10-19/h3-14H,15-16H2,1-2H3,(H,25,27). The zero-order valence-electron chi connectivity index (χ0n) is 17.2. The van der Waals surface area contributed by atoms with Crippen LogP contribution in [0.15, 0.2) is 77.7 Å². The molecule has 0 saturated carbocycles. The van der Waals surface area contributed by atoms with Crippen molar-refractivity contribution in [1.82, 2.24) is 9.62 Å². The smallest absolute Gasteiger partial charge is 0.253 e. The molecule has 0 aliphatic heterocycles. The number of nitrogens with one attached hydrogen (secondary N) is 1. The van der Waals surface area contributed by atoms with Crippen LogP contribution in [0.1, 0.15) is 21.5 Å². The molecule has 3 rings (SSSR count). The van der Waals surface area contributed by atoms with Crippen molar-refractivity contribution in [3.05, 3.63) is 94.5 Å². The third-order valence-corrected chi connectivity index (χ3v) is 6.69. The number of benzene rings is 3. The number of para-hydroxylation sites is 1. The van der Waals surface area contributed by atoms with Crippen molar-refractivity contribution in [2.24, 2.45) is 0 Å². The third kappa shape index (κ3) is 5.85. The average molecular weight is 459 g/mol. The van der Waals surface area contributed by atoms with Gasteiger partial charge < -0.3 is 10.1 Å². The molecule has 3 aromatic rings. The van der Waals surface area contributed by atoms with Crippen molar-refractivity contribution in [2.45, 2.75) is 18.0 Å².